The van der Waals surface area contributed by atoms with Crippen LogP contribution in [0.1, 0.15) is 55.5 Å². The van der Waals surface area contributed by atoms with Crippen molar-refractivity contribution in [1.29, 1.82) is 0 Å². The first-order chi connectivity index (χ1) is 8.19. The second-order valence-electron chi connectivity index (χ2n) is 5.74. The molecule has 0 saturated heterocycles. The number of rotatable bonds is 4. The minimum absolute atomic E-state index is 0.0817. The average Bonchev–Trinajstić information content (AvgIpc) is 2.53. The minimum Gasteiger partial charge on any atom is -0.394 e. The molecule has 0 aliphatic heterocycles. The summed E-state index contributed by atoms with van der Waals surface area (Å²) in [6, 6.07) is 2.23. The summed E-state index contributed by atoms with van der Waals surface area (Å²) in [4.78, 5) is 12.2. The molecule has 0 bridgehead atoms. The summed E-state index contributed by atoms with van der Waals surface area (Å²) in [5.41, 5.74) is 2.13. The molecule has 1 rings (SSSR count). The maximum absolute atomic E-state index is 12.2. The third-order valence-corrected chi connectivity index (χ3v) is 3.09. The second-order valence-corrected chi connectivity index (χ2v) is 5.74. The number of aliphatic hydroxyl groups excluding tert-OH is 1. The van der Waals surface area contributed by atoms with Gasteiger partial charge in [-0.15, -0.1) is 0 Å². The zero-order valence-electron chi connectivity index (χ0n) is 12.2. The molecule has 4 heteroatoms. The fourth-order valence-electron chi connectivity index (χ4n) is 2.22. The van der Waals surface area contributed by atoms with Gasteiger partial charge in [0, 0.05) is 17.4 Å². The normalized spacial score (nSPS) is 12.0. The van der Waals surface area contributed by atoms with Crippen molar-refractivity contribution < 1.29 is 9.90 Å². The summed E-state index contributed by atoms with van der Waals surface area (Å²) >= 11 is 0. The summed E-state index contributed by atoms with van der Waals surface area (Å²) in [5, 5.41) is 12.0. The zero-order chi connectivity index (χ0) is 14.1. The molecule has 0 unspecified atom stereocenters. The fourth-order valence-corrected chi connectivity index (χ4v) is 2.22. The Kier molecular flexibility index (Phi) is 4.22. The SMILES string of the molecule is Cc1cc(C(=O)NC(C)(C)CO)c(C)n1C(C)C. The first-order valence-electron chi connectivity index (χ1n) is 6.31. The lowest BCUT2D eigenvalue weighted by molar-refractivity contribution is 0.0868. The van der Waals surface area contributed by atoms with Crippen LogP contribution in [0.2, 0.25) is 0 Å². The number of aryl methyl sites for hydroxylation is 1. The van der Waals surface area contributed by atoms with Crippen LogP contribution in [-0.2, 0) is 0 Å². The van der Waals surface area contributed by atoms with E-state index >= 15 is 0 Å². The van der Waals surface area contributed by atoms with Crippen LogP contribution in [0.25, 0.3) is 0 Å². The third kappa shape index (κ3) is 2.93. The van der Waals surface area contributed by atoms with Gasteiger partial charge in [-0.05, 0) is 47.6 Å². The van der Waals surface area contributed by atoms with Crippen molar-refractivity contribution in [3.63, 3.8) is 0 Å². The Morgan fingerprint density at radius 3 is 2.39 bits per heavy atom. The fraction of sp³-hybridized carbons (Fsp3) is 0.643. The molecule has 0 fully saturated rings. The number of nitrogens with zero attached hydrogens (tertiary/aromatic N) is 1. The van der Waals surface area contributed by atoms with Crippen LogP contribution in [0.5, 0.6) is 0 Å². The molecule has 1 aromatic heterocycles. The van der Waals surface area contributed by atoms with Crippen LogP contribution in [0.3, 0.4) is 0 Å². The highest BCUT2D eigenvalue weighted by atomic mass is 16.3. The second kappa shape index (κ2) is 5.14. The number of carbonyl (C=O) groups is 1. The van der Waals surface area contributed by atoms with Gasteiger partial charge in [0.1, 0.15) is 0 Å². The van der Waals surface area contributed by atoms with Gasteiger partial charge in [-0.2, -0.15) is 0 Å². The molecule has 1 amide bonds. The number of hydrogen-bond donors (Lipinski definition) is 2. The quantitative estimate of drug-likeness (QED) is 0.863. The predicted molar refractivity (Wildman–Crippen MR) is 72.9 cm³/mol. The van der Waals surface area contributed by atoms with Crippen LogP contribution in [0.15, 0.2) is 6.07 Å². The van der Waals surface area contributed by atoms with E-state index in [4.69, 9.17) is 0 Å². The first-order valence-corrected chi connectivity index (χ1v) is 6.31. The molecule has 0 aliphatic carbocycles. The molecule has 2 N–H and O–H groups in total. The molecular weight excluding hydrogens is 228 g/mol. The van der Waals surface area contributed by atoms with E-state index in [0.29, 0.717) is 11.6 Å². The summed E-state index contributed by atoms with van der Waals surface area (Å²) in [6.45, 7) is 11.7. The lowest BCUT2D eigenvalue weighted by Gasteiger charge is -2.23. The molecule has 0 aromatic carbocycles. The molecule has 0 saturated carbocycles. The maximum Gasteiger partial charge on any atom is 0.253 e. The van der Waals surface area contributed by atoms with Crippen molar-refractivity contribution >= 4 is 5.91 Å². The monoisotopic (exact) mass is 252 g/mol. The minimum atomic E-state index is -0.600. The van der Waals surface area contributed by atoms with E-state index in [1.54, 1.807) is 13.8 Å². The number of nitrogens with one attached hydrogen (secondary N) is 1. The molecule has 0 aliphatic rings. The van der Waals surface area contributed by atoms with Gasteiger partial charge in [-0.25, -0.2) is 0 Å². The molecule has 0 radical (unpaired) electrons. The predicted octanol–water partition coefficient (Wildman–Crippen LogP) is 2.19. The zero-order valence-corrected chi connectivity index (χ0v) is 12.2. The number of hydrogen-bond acceptors (Lipinski definition) is 2. The standard InChI is InChI=1S/C14H24N2O2/c1-9(2)16-10(3)7-12(11(16)4)13(18)15-14(5,6)8-17/h7,9,17H,8H2,1-6H3,(H,15,18). The van der Waals surface area contributed by atoms with Crippen LogP contribution in [0, 0.1) is 13.8 Å². The lowest BCUT2D eigenvalue weighted by Crippen LogP contribution is -2.46. The van der Waals surface area contributed by atoms with Gasteiger partial charge in [0.15, 0.2) is 0 Å². The first kappa shape index (κ1) is 14.8. The Balaban J connectivity index is 3.05. The summed E-state index contributed by atoms with van der Waals surface area (Å²) in [7, 11) is 0. The number of aliphatic hydroxyl groups is 1. The van der Waals surface area contributed by atoms with Crippen LogP contribution < -0.4 is 5.32 Å². The van der Waals surface area contributed by atoms with Crippen LogP contribution in [-0.4, -0.2) is 27.7 Å². The van der Waals surface area contributed by atoms with Crippen molar-refractivity contribution in [3.8, 4) is 0 Å². The molecule has 1 aromatic rings. The van der Waals surface area contributed by atoms with Gasteiger partial charge in [-0.1, -0.05) is 0 Å². The van der Waals surface area contributed by atoms with Gasteiger partial charge in [0.05, 0.1) is 17.7 Å². The Labute approximate surface area is 109 Å². The smallest absolute Gasteiger partial charge is 0.253 e. The van der Waals surface area contributed by atoms with Crippen LogP contribution >= 0.6 is 0 Å². The van der Waals surface area contributed by atoms with Gasteiger partial charge in [0.25, 0.3) is 5.91 Å². The summed E-state index contributed by atoms with van der Waals surface area (Å²) in [5.74, 6) is -0.131. The van der Waals surface area contributed by atoms with Crippen molar-refractivity contribution in [3.05, 3.63) is 23.0 Å². The molecule has 18 heavy (non-hydrogen) atoms. The Bertz CT molecular complexity index is 445. The molecule has 1 heterocycles. The average molecular weight is 252 g/mol. The van der Waals surface area contributed by atoms with Crippen molar-refractivity contribution in [2.75, 3.05) is 6.61 Å². The van der Waals surface area contributed by atoms with Crippen LogP contribution in [0.4, 0.5) is 0 Å². The highest BCUT2D eigenvalue weighted by Gasteiger charge is 2.23. The molecule has 0 spiro atoms. The molecule has 0 atom stereocenters. The van der Waals surface area contributed by atoms with Gasteiger partial charge >= 0.3 is 0 Å². The Hall–Kier alpha value is -1.29. The van der Waals surface area contributed by atoms with Crippen molar-refractivity contribution in [1.82, 2.24) is 9.88 Å². The highest BCUT2D eigenvalue weighted by Crippen LogP contribution is 2.20. The van der Waals surface area contributed by atoms with E-state index in [0.717, 1.165) is 11.4 Å². The number of carbonyl (C=O) groups excluding carboxylic acids is 1. The van der Waals surface area contributed by atoms with Gasteiger partial charge < -0.3 is 15.0 Å². The molecular formula is C14H24N2O2. The topological polar surface area (TPSA) is 54.3 Å². The number of aromatic nitrogens is 1. The van der Waals surface area contributed by atoms with Gasteiger partial charge in [-0.3, -0.25) is 4.79 Å². The molecule has 4 nitrogen and oxygen atoms in total. The number of amides is 1. The third-order valence-electron chi connectivity index (χ3n) is 3.09. The lowest BCUT2D eigenvalue weighted by atomic mass is 10.1. The van der Waals surface area contributed by atoms with E-state index in [9.17, 15) is 9.90 Å². The Morgan fingerprint density at radius 2 is 2.00 bits per heavy atom. The summed E-state index contributed by atoms with van der Waals surface area (Å²) < 4.78 is 2.14. The van der Waals surface area contributed by atoms with Gasteiger partial charge in [0.2, 0.25) is 0 Å². The highest BCUT2D eigenvalue weighted by molar-refractivity contribution is 5.96. The van der Waals surface area contributed by atoms with E-state index < -0.39 is 5.54 Å². The summed E-state index contributed by atoms with van der Waals surface area (Å²) in [6.07, 6.45) is 0. The van der Waals surface area contributed by atoms with E-state index in [-0.39, 0.29) is 12.5 Å². The largest absolute Gasteiger partial charge is 0.394 e. The van der Waals surface area contributed by atoms with E-state index in [1.165, 1.54) is 0 Å². The van der Waals surface area contributed by atoms with E-state index in [1.807, 2.05) is 19.9 Å². The molecule has 102 valence electrons. The maximum atomic E-state index is 12.2. The van der Waals surface area contributed by atoms with E-state index in [2.05, 4.69) is 23.7 Å². The van der Waals surface area contributed by atoms with Crippen molar-refractivity contribution in [2.45, 2.75) is 53.1 Å². The van der Waals surface area contributed by atoms with Crippen molar-refractivity contribution in [2.24, 2.45) is 0 Å². The Morgan fingerprint density at radius 1 is 1.44 bits per heavy atom.